The molecule has 6 rings (SSSR count). The quantitative estimate of drug-likeness (QED) is 0.255. The number of aryl methyl sites for hydroxylation is 1. The van der Waals surface area contributed by atoms with Gasteiger partial charge in [0.25, 0.3) is 11.7 Å². The van der Waals surface area contributed by atoms with E-state index < -0.39 is 17.7 Å². The number of fused-ring (bicyclic) bond motifs is 2. The average Bonchev–Trinajstić information content (AvgIpc) is 3.42. The molecule has 3 aromatic carbocycles. The molecule has 2 N–H and O–H groups in total. The summed E-state index contributed by atoms with van der Waals surface area (Å²) in [7, 11) is 0. The number of hydrogen-bond acceptors (Lipinski definition) is 5. The third kappa shape index (κ3) is 3.35. The number of aliphatic hydroxyl groups is 1. The van der Waals surface area contributed by atoms with Crippen molar-refractivity contribution in [2.75, 3.05) is 18.1 Å². The van der Waals surface area contributed by atoms with Crippen LogP contribution < -0.4 is 14.4 Å². The molecule has 0 saturated carbocycles. The summed E-state index contributed by atoms with van der Waals surface area (Å²) >= 11 is 0. The molecule has 1 amide bonds. The lowest BCUT2D eigenvalue weighted by Gasteiger charge is -2.25. The topological polar surface area (TPSA) is 91.9 Å². The molecule has 1 unspecified atom stereocenters. The van der Waals surface area contributed by atoms with Gasteiger partial charge in [-0.3, -0.25) is 14.5 Å². The number of aromatic amines is 1. The Balaban J connectivity index is 1.57. The zero-order valence-electron chi connectivity index (χ0n) is 18.9. The third-order valence-electron chi connectivity index (χ3n) is 6.49. The molecule has 0 bridgehead atoms. The maximum Gasteiger partial charge on any atom is 0.300 e. The minimum atomic E-state index is -0.818. The molecular weight excluding hydrogens is 444 g/mol. The van der Waals surface area contributed by atoms with Crippen molar-refractivity contribution in [1.29, 1.82) is 0 Å². The van der Waals surface area contributed by atoms with E-state index in [9.17, 15) is 14.7 Å². The number of carbonyl (C=O) groups is 2. The first-order valence-electron chi connectivity index (χ1n) is 11.4. The van der Waals surface area contributed by atoms with E-state index in [1.54, 1.807) is 24.4 Å². The van der Waals surface area contributed by atoms with Crippen molar-refractivity contribution in [3.63, 3.8) is 0 Å². The highest BCUT2D eigenvalue weighted by Gasteiger charge is 2.47. The Kier molecular flexibility index (Phi) is 4.84. The summed E-state index contributed by atoms with van der Waals surface area (Å²) < 4.78 is 11.2. The van der Waals surface area contributed by atoms with Gasteiger partial charge in [0.1, 0.15) is 19.0 Å². The number of nitrogens with zero attached hydrogens (tertiary/aromatic N) is 1. The Hall–Kier alpha value is -4.52. The maximum absolute atomic E-state index is 13.4. The number of benzene rings is 3. The van der Waals surface area contributed by atoms with Crippen LogP contribution in [-0.4, -0.2) is 35.0 Å². The number of H-pyrrole nitrogens is 1. The second kappa shape index (κ2) is 8.06. The Morgan fingerprint density at radius 3 is 2.51 bits per heavy atom. The molecule has 3 heterocycles. The van der Waals surface area contributed by atoms with E-state index in [0.29, 0.717) is 36.0 Å². The van der Waals surface area contributed by atoms with Gasteiger partial charge in [0, 0.05) is 33.9 Å². The number of hydrogen-bond donors (Lipinski definition) is 2. The SMILES string of the molecule is Cc1ccc(N2C(=O)C(=O)/C(=C(/O)c3ccc4c(c3)OCCO4)C2c2c[nH]c3ccccc23)cc1. The normalized spacial score (nSPS) is 18.9. The zero-order chi connectivity index (χ0) is 24.1. The van der Waals surface area contributed by atoms with Gasteiger partial charge in [-0.1, -0.05) is 35.9 Å². The monoisotopic (exact) mass is 466 g/mol. The molecule has 1 atom stereocenters. The van der Waals surface area contributed by atoms with Gasteiger partial charge in [-0.15, -0.1) is 0 Å². The van der Waals surface area contributed by atoms with Crippen LogP contribution in [0.3, 0.4) is 0 Å². The molecule has 0 spiro atoms. The lowest BCUT2D eigenvalue weighted by atomic mass is 9.94. The van der Waals surface area contributed by atoms with Crippen molar-refractivity contribution >= 4 is 34.0 Å². The van der Waals surface area contributed by atoms with Gasteiger partial charge in [0.2, 0.25) is 0 Å². The first-order valence-corrected chi connectivity index (χ1v) is 11.4. The van der Waals surface area contributed by atoms with Crippen LogP contribution in [0.15, 0.2) is 78.5 Å². The summed E-state index contributed by atoms with van der Waals surface area (Å²) in [6.07, 6.45) is 1.79. The number of Topliss-reactive ketones (excluding diaryl/α,β-unsaturated/α-hetero) is 1. The number of ketones is 1. The number of para-hydroxylation sites is 1. The average molecular weight is 466 g/mol. The smallest absolute Gasteiger partial charge is 0.300 e. The van der Waals surface area contributed by atoms with E-state index in [2.05, 4.69) is 4.98 Å². The van der Waals surface area contributed by atoms with Crippen LogP contribution in [0.25, 0.3) is 16.7 Å². The fourth-order valence-corrected chi connectivity index (χ4v) is 4.76. The number of amides is 1. The number of anilines is 1. The highest BCUT2D eigenvalue weighted by atomic mass is 16.6. The molecule has 7 nitrogen and oxygen atoms in total. The van der Waals surface area contributed by atoms with Crippen LogP contribution in [0.4, 0.5) is 5.69 Å². The molecule has 2 aliphatic rings. The summed E-state index contributed by atoms with van der Waals surface area (Å²) in [5.74, 6) is -0.639. The van der Waals surface area contributed by atoms with E-state index in [1.807, 2.05) is 55.5 Å². The van der Waals surface area contributed by atoms with Crippen molar-refractivity contribution in [3.8, 4) is 11.5 Å². The maximum atomic E-state index is 13.4. The first kappa shape index (κ1) is 21.0. The Bertz CT molecular complexity index is 1520. The molecule has 0 radical (unpaired) electrons. The van der Waals surface area contributed by atoms with E-state index >= 15 is 0 Å². The standard InChI is InChI=1S/C28H22N2O5/c1-16-6-9-18(10-7-16)30-25(20-15-29-21-5-3-2-4-19(20)21)24(27(32)28(30)33)26(31)17-8-11-22-23(14-17)35-13-12-34-22/h2-11,14-15,25,29,31H,12-13H2,1H3/b26-24+. The zero-order valence-corrected chi connectivity index (χ0v) is 18.9. The van der Waals surface area contributed by atoms with Crippen LogP contribution in [0.2, 0.25) is 0 Å². The van der Waals surface area contributed by atoms with Gasteiger partial charge in [-0.25, -0.2) is 0 Å². The number of carbonyl (C=O) groups excluding carboxylic acids is 2. The summed E-state index contributed by atoms with van der Waals surface area (Å²) in [5, 5.41) is 12.3. The number of ether oxygens (including phenoxy) is 2. The molecule has 4 aromatic rings. The molecule has 1 aromatic heterocycles. The molecule has 1 fully saturated rings. The summed E-state index contributed by atoms with van der Waals surface area (Å²) in [4.78, 5) is 31.5. The highest BCUT2D eigenvalue weighted by Crippen LogP contribution is 2.45. The fraction of sp³-hybridized carbons (Fsp3) is 0.143. The summed E-state index contributed by atoms with van der Waals surface area (Å²) in [6, 6.07) is 19.2. The third-order valence-corrected chi connectivity index (χ3v) is 6.49. The Morgan fingerprint density at radius 1 is 0.971 bits per heavy atom. The van der Waals surface area contributed by atoms with Crippen LogP contribution >= 0.6 is 0 Å². The molecule has 174 valence electrons. The first-order chi connectivity index (χ1) is 17.0. The van der Waals surface area contributed by atoms with Crippen LogP contribution in [0, 0.1) is 6.92 Å². The van der Waals surface area contributed by atoms with Crippen LogP contribution in [-0.2, 0) is 9.59 Å². The molecule has 35 heavy (non-hydrogen) atoms. The van der Waals surface area contributed by atoms with Gasteiger partial charge in [-0.2, -0.15) is 0 Å². The minimum absolute atomic E-state index is 0.0250. The highest BCUT2D eigenvalue weighted by molar-refractivity contribution is 6.51. The lowest BCUT2D eigenvalue weighted by molar-refractivity contribution is -0.132. The molecule has 7 heteroatoms. The van der Waals surface area contributed by atoms with Gasteiger partial charge < -0.3 is 19.6 Å². The van der Waals surface area contributed by atoms with Gasteiger partial charge in [0.15, 0.2) is 11.5 Å². The van der Waals surface area contributed by atoms with E-state index in [4.69, 9.17) is 9.47 Å². The van der Waals surface area contributed by atoms with E-state index in [0.717, 1.165) is 22.0 Å². The number of aromatic nitrogens is 1. The Morgan fingerprint density at radius 2 is 1.71 bits per heavy atom. The van der Waals surface area contributed by atoms with Crippen molar-refractivity contribution < 1.29 is 24.2 Å². The largest absolute Gasteiger partial charge is 0.507 e. The van der Waals surface area contributed by atoms with Gasteiger partial charge >= 0.3 is 0 Å². The van der Waals surface area contributed by atoms with Crippen molar-refractivity contribution in [2.45, 2.75) is 13.0 Å². The molecule has 1 saturated heterocycles. The van der Waals surface area contributed by atoms with Crippen LogP contribution in [0.1, 0.15) is 22.7 Å². The second-order valence-corrected chi connectivity index (χ2v) is 8.65. The fourth-order valence-electron chi connectivity index (χ4n) is 4.76. The molecular formula is C28H22N2O5. The summed E-state index contributed by atoms with van der Waals surface area (Å²) in [5.41, 5.74) is 3.60. The van der Waals surface area contributed by atoms with Crippen molar-refractivity contribution in [3.05, 3.63) is 95.2 Å². The van der Waals surface area contributed by atoms with E-state index in [-0.39, 0.29) is 11.3 Å². The Labute approximate surface area is 201 Å². The number of nitrogens with one attached hydrogen (secondary N) is 1. The second-order valence-electron chi connectivity index (χ2n) is 8.65. The van der Waals surface area contributed by atoms with Crippen molar-refractivity contribution in [1.82, 2.24) is 4.98 Å². The van der Waals surface area contributed by atoms with E-state index in [1.165, 1.54) is 4.90 Å². The molecule has 2 aliphatic heterocycles. The predicted octanol–water partition coefficient (Wildman–Crippen LogP) is 4.87. The number of rotatable bonds is 3. The summed E-state index contributed by atoms with van der Waals surface area (Å²) in [6.45, 7) is 2.79. The van der Waals surface area contributed by atoms with Crippen molar-refractivity contribution in [2.24, 2.45) is 0 Å². The van der Waals surface area contributed by atoms with Gasteiger partial charge in [-0.05, 0) is 43.3 Å². The van der Waals surface area contributed by atoms with Crippen LogP contribution in [0.5, 0.6) is 11.5 Å². The lowest BCUT2D eigenvalue weighted by Crippen LogP contribution is -2.29. The molecule has 0 aliphatic carbocycles. The minimum Gasteiger partial charge on any atom is -0.507 e. The number of aliphatic hydroxyl groups excluding tert-OH is 1. The predicted molar refractivity (Wildman–Crippen MR) is 132 cm³/mol. The van der Waals surface area contributed by atoms with Gasteiger partial charge in [0.05, 0.1) is 11.6 Å².